The minimum atomic E-state index is -0.178. The van der Waals surface area contributed by atoms with E-state index < -0.39 is 0 Å². The fourth-order valence-electron chi connectivity index (χ4n) is 2.19. The fraction of sp³-hybridized carbons (Fsp3) is 0.538. The van der Waals surface area contributed by atoms with Crippen LogP contribution < -0.4 is 4.74 Å². The molecule has 0 bridgehead atoms. The Bertz CT molecular complexity index is 367. The first kappa shape index (κ1) is 11.9. The van der Waals surface area contributed by atoms with Crippen molar-refractivity contribution in [3.8, 4) is 5.75 Å². The molecular formula is C13H17BrO2. The topological polar surface area (TPSA) is 29.5 Å². The second-order valence-electron chi connectivity index (χ2n) is 4.58. The number of aliphatic hydroxyl groups is 1. The predicted octanol–water partition coefficient (Wildman–Crippen LogP) is 3.36. The number of hydrogen-bond acceptors (Lipinski definition) is 2. The van der Waals surface area contributed by atoms with Gasteiger partial charge in [-0.3, -0.25) is 0 Å². The van der Waals surface area contributed by atoms with Crippen molar-refractivity contribution in [1.29, 1.82) is 0 Å². The van der Waals surface area contributed by atoms with Crippen molar-refractivity contribution in [1.82, 2.24) is 0 Å². The monoisotopic (exact) mass is 284 g/mol. The van der Waals surface area contributed by atoms with Crippen LogP contribution in [0.25, 0.3) is 0 Å². The van der Waals surface area contributed by atoms with Gasteiger partial charge >= 0.3 is 0 Å². The van der Waals surface area contributed by atoms with Crippen LogP contribution in [0.15, 0.2) is 16.6 Å². The smallest absolute Gasteiger partial charge is 0.120 e. The highest BCUT2D eigenvalue weighted by Gasteiger charge is 2.24. The molecule has 2 nitrogen and oxygen atoms in total. The third-order valence-corrected chi connectivity index (χ3v) is 4.32. The maximum absolute atomic E-state index is 9.44. The van der Waals surface area contributed by atoms with Gasteiger partial charge in [-0.1, -0.05) is 15.9 Å². The molecule has 0 spiro atoms. The molecule has 1 aliphatic carbocycles. The summed E-state index contributed by atoms with van der Waals surface area (Å²) in [5, 5.41) is 9.44. The zero-order chi connectivity index (χ0) is 11.7. The van der Waals surface area contributed by atoms with E-state index in [2.05, 4.69) is 29.8 Å². The van der Waals surface area contributed by atoms with Crippen LogP contribution in [0.5, 0.6) is 5.75 Å². The van der Waals surface area contributed by atoms with Crippen LogP contribution >= 0.6 is 15.9 Å². The Morgan fingerprint density at radius 2 is 1.88 bits per heavy atom. The normalized spacial score (nSPS) is 24.8. The molecule has 16 heavy (non-hydrogen) atoms. The van der Waals surface area contributed by atoms with Crippen molar-refractivity contribution in [2.24, 2.45) is 0 Å². The third kappa shape index (κ3) is 2.58. The van der Waals surface area contributed by atoms with Crippen LogP contribution in [0.1, 0.15) is 30.4 Å². The standard InChI is InChI=1S/C13H17BrO2/c1-8-5-12(6-9(2)13(8)14)16-11-4-3-10(15)7-11/h5-6,10-11,15H,3-4,7H2,1-2H3/t10-,11-/m0/s1. The average Bonchev–Trinajstić information content (AvgIpc) is 2.60. The lowest BCUT2D eigenvalue weighted by Gasteiger charge is -2.15. The first-order chi connectivity index (χ1) is 7.56. The van der Waals surface area contributed by atoms with Crippen LogP contribution in [-0.4, -0.2) is 17.3 Å². The zero-order valence-corrected chi connectivity index (χ0v) is 11.3. The minimum Gasteiger partial charge on any atom is -0.490 e. The molecular weight excluding hydrogens is 268 g/mol. The maximum Gasteiger partial charge on any atom is 0.120 e. The molecule has 0 aliphatic heterocycles. The largest absolute Gasteiger partial charge is 0.490 e. The average molecular weight is 285 g/mol. The summed E-state index contributed by atoms with van der Waals surface area (Å²) in [5.41, 5.74) is 2.38. The Morgan fingerprint density at radius 3 is 2.38 bits per heavy atom. The second kappa shape index (κ2) is 4.76. The summed E-state index contributed by atoms with van der Waals surface area (Å²) >= 11 is 3.54. The van der Waals surface area contributed by atoms with Gasteiger partial charge in [-0.2, -0.15) is 0 Å². The number of benzene rings is 1. The Balaban J connectivity index is 2.10. The van der Waals surface area contributed by atoms with Gasteiger partial charge in [0.2, 0.25) is 0 Å². The summed E-state index contributed by atoms with van der Waals surface area (Å²) < 4.78 is 7.03. The van der Waals surface area contributed by atoms with Crippen LogP contribution in [0.4, 0.5) is 0 Å². The number of ether oxygens (including phenoxy) is 1. The van der Waals surface area contributed by atoms with Gasteiger partial charge in [-0.15, -0.1) is 0 Å². The molecule has 2 rings (SSSR count). The van der Waals surface area contributed by atoms with Gasteiger partial charge in [0.25, 0.3) is 0 Å². The highest BCUT2D eigenvalue weighted by atomic mass is 79.9. The summed E-state index contributed by atoms with van der Waals surface area (Å²) in [5.74, 6) is 0.914. The molecule has 1 N–H and O–H groups in total. The zero-order valence-electron chi connectivity index (χ0n) is 9.66. The van der Waals surface area contributed by atoms with Gasteiger partial charge in [-0.25, -0.2) is 0 Å². The van der Waals surface area contributed by atoms with E-state index in [1.165, 1.54) is 11.1 Å². The lowest BCUT2D eigenvalue weighted by molar-refractivity contribution is 0.149. The Hall–Kier alpha value is -0.540. The summed E-state index contributed by atoms with van der Waals surface area (Å²) in [6.07, 6.45) is 2.57. The molecule has 0 heterocycles. The van der Waals surface area contributed by atoms with E-state index >= 15 is 0 Å². The Morgan fingerprint density at radius 1 is 1.25 bits per heavy atom. The van der Waals surface area contributed by atoms with E-state index in [1.54, 1.807) is 0 Å². The number of aryl methyl sites for hydroxylation is 2. The van der Waals surface area contributed by atoms with Gasteiger partial charge < -0.3 is 9.84 Å². The van der Waals surface area contributed by atoms with E-state index in [1.807, 2.05) is 12.1 Å². The summed E-state index contributed by atoms with van der Waals surface area (Å²) in [6.45, 7) is 4.13. The molecule has 1 aromatic carbocycles. The van der Waals surface area contributed by atoms with Crippen molar-refractivity contribution in [3.05, 3.63) is 27.7 Å². The molecule has 2 atom stereocenters. The minimum absolute atomic E-state index is 0.176. The van der Waals surface area contributed by atoms with Gasteiger partial charge in [0.05, 0.1) is 6.10 Å². The number of halogens is 1. The summed E-state index contributed by atoms with van der Waals surface area (Å²) in [4.78, 5) is 0. The van der Waals surface area contributed by atoms with Crippen LogP contribution in [-0.2, 0) is 0 Å². The number of hydrogen-bond donors (Lipinski definition) is 1. The second-order valence-corrected chi connectivity index (χ2v) is 5.37. The maximum atomic E-state index is 9.44. The Labute approximate surface area is 105 Å². The molecule has 1 saturated carbocycles. The van der Waals surface area contributed by atoms with E-state index in [-0.39, 0.29) is 12.2 Å². The van der Waals surface area contributed by atoms with Crippen molar-refractivity contribution in [2.45, 2.75) is 45.3 Å². The lowest BCUT2D eigenvalue weighted by atomic mass is 10.1. The van der Waals surface area contributed by atoms with Gasteiger partial charge in [0.15, 0.2) is 0 Å². The molecule has 0 aromatic heterocycles. The van der Waals surface area contributed by atoms with E-state index in [0.29, 0.717) is 0 Å². The summed E-state index contributed by atoms with van der Waals surface area (Å²) in [6, 6.07) is 4.09. The quantitative estimate of drug-likeness (QED) is 0.903. The highest BCUT2D eigenvalue weighted by molar-refractivity contribution is 9.10. The van der Waals surface area contributed by atoms with Gasteiger partial charge in [0, 0.05) is 10.9 Å². The molecule has 1 fully saturated rings. The molecule has 0 unspecified atom stereocenters. The fourth-order valence-corrected chi connectivity index (χ4v) is 2.42. The Kier molecular flexibility index (Phi) is 3.55. The molecule has 88 valence electrons. The predicted molar refractivity (Wildman–Crippen MR) is 67.9 cm³/mol. The van der Waals surface area contributed by atoms with Crippen molar-refractivity contribution in [3.63, 3.8) is 0 Å². The molecule has 3 heteroatoms. The molecule has 1 aromatic rings. The number of rotatable bonds is 2. The van der Waals surface area contributed by atoms with Gasteiger partial charge in [-0.05, 0) is 49.9 Å². The first-order valence-electron chi connectivity index (χ1n) is 5.67. The third-order valence-electron chi connectivity index (χ3n) is 3.07. The molecule has 0 radical (unpaired) electrons. The SMILES string of the molecule is Cc1cc(O[C@H]2CC[C@H](O)C2)cc(C)c1Br. The van der Waals surface area contributed by atoms with Crippen molar-refractivity contribution in [2.75, 3.05) is 0 Å². The van der Waals surface area contributed by atoms with Gasteiger partial charge in [0.1, 0.15) is 11.9 Å². The highest BCUT2D eigenvalue weighted by Crippen LogP contribution is 2.29. The molecule has 1 aliphatic rings. The van der Waals surface area contributed by atoms with Crippen LogP contribution in [0, 0.1) is 13.8 Å². The van der Waals surface area contributed by atoms with Crippen molar-refractivity contribution >= 4 is 15.9 Å². The first-order valence-corrected chi connectivity index (χ1v) is 6.47. The number of aliphatic hydroxyl groups excluding tert-OH is 1. The summed E-state index contributed by atoms with van der Waals surface area (Å²) in [7, 11) is 0. The van der Waals surface area contributed by atoms with E-state index in [0.717, 1.165) is 29.5 Å². The lowest BCUT2D eigenvalue weighted by Crippen LogP contribution is -2.13. The molecule has 0 amide bonds. The van der Waals surface area contributed by atoms with Crippen LogP contribution in [0.2, 0.25) is 0 Å². The van der Waals surface area contributed by atoms with Crippen LogP contribution in [0.3, 0.4) is 0 Å². The van der Waals surface area contributed by atoms with Crippen molar-refractivity contribution < 1.29 is 9.84 Å². The molecule has 0 saturated heterocycles. The van der Waals surface area contributed by atoms with E-state index in [9.17, 15) is 5.11 Å². The van der Waals surface area contributed by atoms with E-state index in [4.69, 9.17) is 4.74 Å².